The fourth-order valence-corrected chi connectivity index (χ4v) is 6.65. The maximum Gasteiger partial charge on any atom is 0.306 e. The minimum Gasteiger partial charge on any atom is -0.462 e. The van der Waals surface area contributed by atoms with Crippen LogP contribution in [0, 0.1) is 0 Å². The quantitative estimate of drug-likeness (QED) is 0.0488. The van der Waals surface area contributed by atoms with E-state index in [0.717, 1.165) is 64.5 Å². The van der Waals surface area contributed by atoms with Gasteiger partial charge in [-0.2, -0.15) is 0 Å². The van der Waals surface area contributed by atoms with Gasteiger partial charge in [-0.15, -0.1) is 0 Å². The number of esters is 1. The van der Waals surface area contributed by atoms with Crippen LogP contribution in [0.4, 0.5) is 0 Å². The summed E-state index contributed by atoms with van der Waals surface area (Å²) in [6.45, 7) is 11.9. The highest BCUT2D eigenvalue weighted by molar-refractivity contribution is 5.76. The van der Waals surface area contributed by atoms with Gasteiger partial charge >= 0.3 is 5.97 Å². The fraction of sp³-hybridized carbons (Fsp3) is 0.955. The van der Waals surface area contributed by atoms with Crippen LogP contribution in [0.5, 0.6) is 0 Å². The third kappa shape index (κ3) is 36.6. The lowest BCUT2D eigenvalue weighted by Crippen LogP contribution is -2.40. The molecule has 298 valence electrons. The Morgan fingerprint density at radius 3 is 1.46 bits per heavy atom. The number of nitrogens with one attached hydrogen (secondary N) is 2. The fourth-order valence-electron chi connectivity index (χ4n) is 6.65. The monoisotopic (exact) mass is 709 g/mol. The van der Waals surface area contributed by atoms with Crippen molar-refractivity contribution < 1.29 is 19.1 Å². The molecule has 2 N–H and O–H groups in total. The van der Waals surface area contributed by atoms with Crippen molar-refractivity contribution in [2.45, 2.75) is 245 Å². The van der Waals surface area contributed by atoms with E-state index in [2.05, 4.69) is 38.3 Å². The lowest BCUT2D eigenvalue weighted by atomic mass is 10.1. The topological polar surface area (TPSA) is 76.7 Å². The van der Waals surface area contributed by atoms with Crippen molar-refractivity contribution in [1.29, 1.82) is 0 Å². The molecule has 0 aromatic carbocycles. The lowest BCUT2D eigenvalue weighted by Gasteiger charge is -2.21. The molecule has 0 saturated carbocycles. The number of rotatable bonds is 41. The Morgan fingerprint density at radius 1 is 0.480 bits per heavy atom. The molecular weight excluding hydrogens is 620 g/mol. The summed E-state index contributed by atoms with van der Waals surface area (Å²) in [4.78, 5) is 25.6. The van der Waals surface area contributed by atoms with Crippen LogP contribution in [0.25, 0.3) is 0 Å². The van der Waals surface area contributed by atoms with E-state index in [9.17, 15) is 9.59 Å². The molecule has 0 aromatic rings. The average Bonchev–Trinajstić information content (AvgIpc) is 3.11. The Labute approximate surface area is 312 Å². The molecule has 0 aromatic heterocycles. The number of unbranched alkanes of at least 4 members (excludes halogenated alkanes) is 23. The normalized spacial score (nSPS) is 12.6. The van der Waals surface area contributed by atoms with E-state index in [0.29, 0.717) is 26.1 Å². The number of carbonyl (C=O) groups excluding carboxylic acids is 2. The zero-order chi connectivity index (χ0) is 36.6. The van der Waals surface area contributed by atoms with Gasteiger partial charge in [0.15, 0.2) is 0 Å². The first-order chi connectivity index (χ1) is 24.6. The van der Waals surface area contributed by atoms with Crippen molar-refractivity contribution >= 4 is 11.9 Å². The minimum atomic E-state index is -0.0764. The van der Waals surface area contributed by atoms with E-state index in [4.69, 9.17) is 9.47 Å². The Kier molecular flexibility index (Phi) is 39.7. The largest absolute Gasteiger partial charge is 0.462 e. The van der Waals surface area contributed by atoms with Gasteiger partial charge in [0.1, 0.15) is 6.10 Å². The second kappa shape index (κ2) is 40.6. The Hall–Kier alpha value is -1.14. The van der Waals surface area contributed by atoms with Crippen LogP contribution in [-0.2, 0) is 19.1 Å². The Bertz CT molecular complexity index is 704. The standard InChI is InChI=1S/C44H88N2O4/c1-5-9-13-16-18-20-21-23-24-27-30-33-43(47)46-41(35-38-45-37-12-8-4)40-49-39-36-42(32-29-26-15-11-7-3)50-44(48)34-31-28-25-22-19-17-14-10-6-2/h41-42,45H,5-40H2,1-4H3,(H,46,47)/t41-,42+/m0/s1. The summed E-state index contributed by atoms with van der Waals surface area (Å²) in [5.41, 5.74) is 0. The summed E-state index contributed by atoms with van der Waals surface area (Å²) in [6.07, 6.45) is 37.4. The summed E-state index contributed by atoms with van der Waals surface area (Å²) >= 11 is 0. The SMILES string of the molecule is CCCCCCCCCCCCCC(=O)N[C@@H](CCNCCCC)COCC[C@@H](CCCCCCC)OC(=O)CCCCCCCCCCC. The van der Waals surface area contributed by atoms with Crippen molar-refractivity contribution in [2.24, 2.45) is 0 Å². The summed E-state index contributed by atoms with van der Waals surface area (Å²) in [5, 5.41) is 6.80. The van der Waals surface area contributed by atoms with Gasteiger partial charge in [-0.3, -0.25) is 9.59 Å². The highest BCUT2D eigenvalue weighted by Gasteiger charge is 2.17. The van der Waals surface area contributed by atoms with Gasteiger partial charge < -0.3 is 20.1 Å². The predicted molar refractivity (Wildman–Crippen MR) is 216 cm³/mol. The third-order valence-electron chi connectivity index (χ3n) is 10.1. The molecule has 0 rings (SSSR count). The summed E-state index contributed by atoms with van der Waals surface area (Å²) in [5.74, 6) is 0.107. The molecule has 6 nitrogen and oxygen atoms in total. The number of hydrogen-bond donors (Lipinski definition) is 2. The number of hydrogen-bond acceptors (Lipinski definition) is 5. The molecule has 0 radical (unpaired) electrons. The zero-order valence-electron chi connectivity index (χ0n) is 34.2. The molecule has 0 fully saturated rings. The summed E-state index contributed by atoms with van der Waals surface area (Å²) in [7, 11) is 0. The molecule has 0 aliphatic rings. The first-order valence-corrected chi connectivity index (χ1v) is 22.3. The lowest BCUT2D eigenvalue weighted by molar-refractivity contribution is -0.150. The molecular formula is C44H88N2O4. The maximum absolute atomic E-state index is 12.9. The van der Waals surface area contributed by atoms with Crippen LogP contribution < -0.4 is 10.6 Å². The molecule has 50 heavy (non-hydrogen) atoms. The molecule has 2 atom stereocenters. The van der Waals surface area contributed by atoms with Crippen LogP contribution in [-0.4, -0.2) is 50.3 Å². The van der Waals surface area contributed by atoms with Gasteiger partial charge in [0, 0.05) is 19.3 Å². The van der Waals surface area contributed by atoms with Crippen LogP contribution in [0.15, 0.2) is 0 Å². The first-order valence-electron chi connectivity index (χ1n) is 22.3. The highest BCUT2D eigenvalue weighted by Crippen LogP contribution is 2.16. The van der Waals surface area contributed by atoms with Gasteiger partial charge in [-0.1, -0.05) is 175 Å². The van der Waals surface area contributed by atoms with Crippen LogP contribution in [0.2, 0.25) is 0 Å². The van der Waals surface area contributed by atoms with Crippen LogP contribution in [0.1, 0.15) is 233 Å². The van der Waals surface area contributed by atoms with Crippen molar-refractivity contribution in [3.63, 3.8) is 0 Å². The van der Waals surface area contributed by atoms with Gasteiger partial charge in [-0.25, -0.2) is 0 Å². The van der Waals surface area contributed by atoms with Gasteiger partial charge in [0.25, 0.3) is 0 Å². The molecule has 0 spiro atoms. The number of carbonyl (C=O) groups is 2. The average molecular weight is 709 g/mol. The van der Waals surface area contributed by atoms with Crippen LogP contribution >= 0.6 is 0 Å². The van der Waals surface area contributed by atoms with Crippen molar-refractivity contribution in [3.8, 4) is 0 Å². The van der Waals surface area contributed by atoms with E-state index >= 15 is 0 Å². The molecule has 6 heteroatoms. The van der Waals surface area contributed by atoms with E-state index in [1.165, 1.54) is 141 Å². The van der Waals surface area contributed by atoms with Gasteiger partial charge in [0.2, 0.25) is 5.91 Å². The molecule has 0 bridgehead atoms. The van der Waals surface area contributed by atoms with Crippen molar-refractivity contribution in [3.05, 3.63) is 0 Å². The predicted octanol–water partition coefficient (Wildman–Crippen LogP) is 12.6. The summed E-state index contributed by atoms with van der Waals surface area (Å²) in [6, 6.07) is 0.00558. The van der Waals surface area contributed by atoms with E-state index in [-0.39, 0.29) is 24.0 Å². The first kappa shape index (κ1) is 48.9. The third-order valence-corrected chi connectivity index (χ3v) is 10.1. The van der Waals surface area contributed by atoms with E-state index < -0.39 is 0 Å². The van der Waals surface area contributed by atoms with Gasteiger partial charge in [0.05, 0.1) is 19.3 Å². The maximum atomic E-state index is 12.9. The minimum absolute atomic E-state index is 0.00558. The molecule has 0 saturated heterocycles. The molecule has 0 aliphatic carbocycles. The second-order valence-electron chi connectivity index (χ2n) is 15.2. The van der Waals surface area contributed by atoms with Crippen LogP contribution in [0.3, 0.4) is 0 Å². The van der Waals surface area contributed by atoms with E-state index in [1.807, 2.05) is 0 Å². The zero-order valence-corrected chi connectivity index (χ0v) is 34.2. The summed E-state index contributed by atoms with van der Waals surface area (Å²) < 4.78 is 12.2. The molecule has 0 heterocycles. The van der Waals surface area contributed by atoms with Gasteiger partial charge in [-0.05, 0) is 51.6 Å². The molecule has 1 amide bonds. The smallest absolute Gasteiger partial charge is 0.306 e. The molecule has 0 aliphatic heterocycles. The second-order valence-corrected chi connectivity index (χ2v) is 15.2. The Balaban J connectivity index is 4.55. The van der Waals surface area contributed by atoms with Crippen molar-refractivity contribution in [1.82, 2.24) is 10.6 Å². The molecule has 0 unspecified atom stereocenters. The van der Waals surface area contributed by atoms with E-state index in [1.54, 1.807) is 0 Å². The highest BCUT2D eigenvalue weighted by atomic mass is 16.5. The Morgan fingerprint density at radius 2 is 0.940 bits per heavy atom. The number of ether oxygens (including phenoxy) is 2. The number of amides is 1. The van der Waals surface area contributed by atoms with Crippen molar-refractivity contribution in [2.75, 3.05) is 26.3 Å².